The highest BCUT2D eigenvalue weighted by Crippen LogP contribution is 2.57. The zero-order valence-corrected chi connectivity index (χ0v) is 14.7. The summed E-state index contributed by atoms with van der Waals surface area (Å²) in [6, 6.07) is 16.8. The number of fused-ring (bicyclic) bond motifs is 7. The van der Waals surface area contributed by atoms with E-state index in [0.29, 0.717) is 6.54 Å². The van der Waals surface area contributed by atoms with E-state index in [2.05, 4.69) is 59.2 Å². The van der Waals surface area contributed by atoms with Crippen molar-refractivity contribution < 1.29 is 4.79 Å². The topological polar surface area (TPSA) is 41.1 Å². The van der Waals surface area contributed by atoms with Gasteiger partial charge in [-0.05, 0) is 46.1 Å². The second kappa shape index (κ2) is 5.15. The molecule has 4 heteroatoms. The highest BCUT2D eigenvalue weighted by molar-refractivity contribution is 8.03. The van der Waals surface area contributed by atoms with Crippen molar-refractivity contribution in [3.63, 3.8) is 0 Å². The minimum atomic E-state index is 0.0240. The zero-order valence-electron chi connectivity index (χ0n) is 13.9. The second-order valence-electron chi connectivity index (χ2n) is 6.88. The first-order valence-corrected chi connectivity index (χ1v) is 9.58. The Bertz CT molecular complexity index is 1090. The Labute approximate surface area is 155 Å². The number of carbonyl (C=O) groups excluding carboxylic acids is 1. The van der Waals surface area contributed by atoms with E-state index in [9.17, 15) is 4.79 Å². The fourth-order valence-electron chi connectivity index (χ4n) is 4.18. The minimum Gasteiger partial charge on any atom is -0.357 e. The van der Waals surface area contributed by atoms with Crippen LogP contribution in [0.2, 0.25) is 0 Å². The molecule has 0 saturated heterocycles. The number of hydrogen-bond donors (Lipinski definition) is 2. The fourth-order valence-corrected chi connectivity index (χ4v) is 5.43. The standard InChI is InChI=1S/C22H15N2OS/c25-22-16-10-13(11-23-22)15-9-12-5-1-3-7-17(12)24-20(15)21-19(16)14-6-2-4-8-18(14)26-21/h1-8,10,24H,9,11H2,(H,23,25). The van der Waals surface area contributed by atoms with Crippen molar-refractivity contribution in [3.05, 3.63) is 93.4 Å². The molecule has 1 radical (unpaired) electrons. The van der Waals surface area contributed by atoms with E-state index < -0.39 is 0 Å². The molecule has 0 fully saturated rings. The predicted molar refractivity (Wildman–Crippen MR) is 104 cm³/mol. The number of thioether (sulfide) groups is 1. The Balaban J connectivity index is 1.61. The number of nitrogens with one attached hydrogen (secondary N) is 2. The van der Waals surface area contributed by atoms with Crippen LogP contribution in [0.4, 0.5) is 5.69 Å². The Morgan fingerprint density at radius 2 is 1.85 bits per heavy atom. The normalized spacial score (nSPS) is 20.3. The van der Waals surface area contributed by atoms with Gasteiger partial charge in [-0.1, -0.05) is 36.4 Å². The first kappa shape index (κ1) is 14.4. The van der Waals surface area contributed by atoms with Gasteiger partial charge in [-0.25, -0.2) is 0 Å². The van der Waals surface area contributed by atoms with Gasteiger partial charge in [0.2, 0.25) is 0 Å². The lowest BCUT2D eigenvalue weighted by Crippen LogP contribution is -2.31. The summed E-state index contributed by atoms with van der Waals surface area (Å²) in [5.74, 6) is 0.0240. The molecule has 0 spiro atoms. The lowest BCUT2D eigenvalue weighted by molar-refractivity contribution is -0.117. The van der Waals surface area contributed by atoms with E-state index in [-0.39, 0.29) is 5.91 Å². The average Bonchev–Trinajstić information content (AvgIpc) is 3.02. The molecule has 26 heavy (non-hydrogen) atoms. The summed E-state index contributed by atoms with van der Waals surface area (Å²) in [6.45, 7) is 0.595. The molecular weight excluding hydrogens is 340 g/mol. The maximum atomic E-state index is 12.7. The molecule has 0 saturated carbocycles. The number of anilines is 1. The van der Waals surface area contributed by atoms with Crippen LogP contribution in [0.5, 0.6) is 0 Å². The van der Waals surface area contributed by atoms with Crippen molar-refractivity contribution in [2.75, 3.05) is 11.9 Å². The van der Waals surface area contributed by atoms with Crippen molar-refractivity contribution in [2.24, 2.45) is 0 Å². The van der Waals surface area contributed by atoms with Gasteiger partial charge in [0, 0.05) is 34.8 Å². The molecule has 1 amide bonds. The molecule has 1 aliphatic carbocycles. The Hall–Kier alpha value is -2.72. The van der Waals surface area contributed by atoms with E-state index in [1.807, 2.05) is 6.07 Å². The van der Waals surface area contributed by atoms with Crippen LogP contribution in [0.1, 0.15) is 11.1 Å². The summed E-state index contributed by atoms with van der Waals surface area (Å²) >= 11 is 1.77. The summed E-state index contributed by atoms with van der Waals surface area (Å²) in [6.07, 6.45) is 3.00. The molecular formula is C22H15N2OS. The number of para-hydroxylation sites is 1. The third-order valence-corrected chi connectivity index (χ3v) is 6.62. The maximum Gasteiger partial charge on any atom is 0.251 e. The number of amides is 1. The van der Waals surface area contributed by atoms with Gasteiger partial charge >= 0.3 is 0 Å². The Morgan fingerprint density at radius 1 is 1.00 bits per heavy atom. The highest BCUT2D eigenvalue weighted by atomic mass is 32.2. The largest absolute Gasteiger partial charge is 0.357 e. The van der Waals surface area contributed by atoms with Crippen LogP contribution in [-0.2, 0) is 11.2 Å². The van der Waals surface area contributed by atoms with Crippen molar-refractivity contribution in [1.82, 2.24) is 5.32 Å². The second-order valence-corrected chi connectivity index (χ2v) is 7.93. The summed E-state index contributed by atoms with van der Waals surface area (Å²) in [4.78, 5) is 13.9. The van der Waals surface area contributed by atoms with E-state index in [0.717, 1.165) is 34.5 Å². The molecule has 3 nitrogen and oxygen atoms in total. The zero-order chi connectivity index (χ0) is 17.3. The van der Waals surface area contributed by atoms with Gasteiger partial charge in [-0.15, -0.1) is 11.8 Å². The van der Waals surface area contributed by atoms with Crippen LogP contribution in [0, 0.1) is 5.25 Å². The fraction of sp³-hybridized carbons (Fsp3) is 0.0909. The predicted octanol–water partition coefficient (Wildman–Crippen LogP) is 4.07. The van der Waals surface area contributed by atoms with Crippen LogP contribution in [0.15, 0.2) is 81.9 Å². The minimum absolute atomic E-state index is 0.0240. The lowest BCUT2D eigenvalue weighted by atomic mass is 9.90. The van der Waals surface area contributed by atoms with Gasteiger partial charge in [0.25, 0.3) is 5.91 Å². The first-order chi connectivity index (χ1) is 12.8. The van der Waals surface area contributed by atoms with Crippen molar-refractivity contribution in [1.29, 1.82) is 0 Å². The van der Waals surface area contributed by atoms with E-state index in [1.165, 1.54) is 26.9 Å². The number of rotatable bonds is 0. The molecule has 0 aromatic heterocycles. The summed E-state index contributed by atoms with van der Waals surface area (Å²) in [5, 5.41) is 7.93. The van der Waals surface area contributed by atoms with E-state index in [4.69, 9.17) is 0 Å². The van der Waals surface area contributed by atoms with E-state index >= 15 is 0 Å². The van der Waals surface area contributed by atoms with Crippen LogP contribution in [0.3, 0.4) is 0 Å². The monoisotopic (exact) mass is 355 g/mol. The molecule has 125 valence electrons. The van der Waals surface area contributed by atoms with Crippen LogP contribution in [-0.4, -0.2) is 12.5 Å². The molecule has 2 aromatic carbocycles. The van der Waals surface area contributed by atoms with Gasteiger partial charge in [0.1, 0.15) is 5.25 Å². The van der Waals surface area contributed by atoms with Crippen LogP contribution in [0.25, 0.3) is 5.57 Å². The summed E-state index contributed by atoms with van der Waals surface area (Å²) < 4.78 is 0. The van der Waals surface area contributed by atoms with Gasteiger partial charge in [0.05, 0.1) is 0 Å². The van der Waals surface area contributed by atoms with E-state index in [1.54, 1.807) is 11.8 Å². The number of benzene rings is 2. The molecule has 6 rings (SSSR count). The maximum absolute atomic E-state index is 12.7. The Kier molecular flexibility index (Phi) is 2.86. The van der Waals surface area contributed by atoms with Crippen LogP contribution < -0.4 is 10.6 Å². The molecule has 0 unspecified atom stereocenters. The number of carbonyl (C=O) groups is 1. The third kappa shape index (κ3) is 1.88. The van der Waals surface area contributed by atoms with Crippen LogP contribution >= 0.6 is 11.8 Å². The lowest BCUT2D eigenvalue weighted by Gasteiger charge is -2.28. The van der Waals surface area contributed by atoms with Crippen molar-refractivity contribution in [3.8, 4) is 0 Å². The third-order valence-electron chi connectivity index (χ3n) is 5.43. The SMILES string of the molecule is O=C1NCC2=CC1=C1[C](Sc3ccccc31)C1=C2Cc2ccccc2N1. The summed E-state index contributed by atoms with van der Waals surface area (Å²) in [7, 11) is 0. The smallest absolute Gasteiger partial charge is 0.251 e. The molecule has 2 bridgehead atoms. The molecule has 2 N–H and O–H groups in total. The first-order valence-electron chi connectivity index (χ1n) is 8.76. The average molecular weight is 355 g/mol. The molecule has 3 aliphatic heterocycles. The highest BCUT2D eigenvalue weighted by Gasteiger charge is 2.41. The van der Waals surface area contributed by atoms with Crippen molar-refractivity contribution in [2.45, 2.75) is 11.3 Å². The molecule has 2 aromatic rings. The quantitative estimate of drug-likeness (QED) is 0.748. The molecule has 0 atom stereocenters. The molecule has 3 heterocycles. The Morgan fingerprint density at radius 3 is 2.81 bits per heavy atom. The van der Waals surface area contributed by atoms with Gasteiger partial charge in [-0.3, -0.25) is 4.79 Å². The van der Waals surface area contributed by atoms with Gasteiger partial charge < -0.3 is 10.6 Å². The van der Waals surface area contributed by atoms with Gasteiger partial charge in [0.15, 0.2) is 0 Å². The molecule has 4 aliphatic rings. The number of hydrogen-bond acceptors (Lipinski definition) is 3. The van der Waals surface area contributed by atoms with Gasteiger partial charge in [-0.2, -0.15) is 0 Å². The van der Waals surface area contributed by atoms with Crippen molar-refractivity contribution >= 4 is 28.9 Å². The summed E-state index contributed by atoms with van der Waals surface area (Å²) in [5.41, 5.74) is 9.15.